The van der Waals surface area contributed by atoms with Gasteiger partial charge < -0.3 is 20.3 Å². The minimum Gasteiger partial charge on any atom is -0.379 e. The Morgan fingerprint density at radius 2 is 1.71 bits per heavy atom. The van der Waals surface area contributed by atoms with Crippen LogP contribution in [0.15, 0.2) is 60.9 Å². The van der Waals surface area contributed by atoms with E-state index in [2.05, 4.69) is 15.7 Å². The molecule has 3 heterocycles. The highest BCUT2D eigenvalue weighted by Gasteiger charge is 2.23. The van der Waals surface area contributed by atoms with Crippen molar-refractivity contribution in [2.45, 2.75) is 25.6 Å². The number of amides is 3. The fourth-order valence-corrected chi connectivity index (χ4v) is 3.92. The first-order chi connectivity index (χ1) is 15.2. The second-order valence-electron chi connectivity index (χ2n) is 7.81. The van der Waals surface area contributed by atoms with Gasteiger partial charge in [-0.2, -0.15) is 5.10 Å². The summed E-state index contributed by atoms with van der Waals surface area (Å²) in [6.45, 7) is 2.58. The maximum atomic E-state index is 12.6. The third kappa shape index (κ3) is 4.15. The quantitative estimate of drug-likeness (QED) is 0.678. The van der Waals surface area contributed by atoms with E-state index in [-0.39, 0.29) is 18.0 Å². The van der Waals surface area contributed by atoms with Gasteiger partial charge in [-0.25, -0.2) is 4.79 Å². The highest BCUT2D eigenvalue weighted by Crippen LogP contribution is 2.23. The second kappa shape index (κ2) is 8.23. The van der Waals surface area contributed by atoms with Crippen LogP contribution in [0, 0.1) is 0 Å². The van der Waals surface area contributed by atoms with Crippen molar-refractivity contribution in [2.24, 2.45) is 0 Å². The summed E-state index contributed by atoms with van der Waals surface area (Å²) in [7, 11) is 0. The van der Waals surface area contributed by atoms with Crippen LogP contribution in [0.2, 0.25) is 0 Å². The Morgan fingerprint density at radius 3 is 2.39 bits per heavy atom. The fourth-order valence-electron chi connectivity index (χ4n) is 3.92. The molecule has 158 valence electrons. The molecule has 2 aliphatic heterocycles. The Balaban J connectivity index is 1.17. The average Bonchev–Trinajstić information content (AvgIpc) is 3.54. The first kappa shape index (κ1) is 19.3. The van der Waals surface area contributed by atoms with Crippen LogP contribution in [0.3, 0.4) is 0 Å². The molecule has 0 bridgehead atoms. The Labute approximate surface area is 179 Å². The van der Waals surface area contributed by atoms with E-state index in [4.69, 9.17) is 4.74 Å². The van der Waals surface area contributed by atoms with Gasteiger partial charge in [0.1, 0.15) is 0 Å². The summed E-state index contributed by atoms with van der Waals surface area (Å²) >= 11 is 0. The fraction of sp³-hybridized carbons (Fsp3) is 0.261. The lowest BCUT2D eigenvalue weighted by molar-refractivity contribution is 0.102. The summed E-state index contributed by atoms with van der Waals surface area (Å²) < 4.78 is 7.21. The highest BCUT2D eigenvalue weighted by molar-refractivity contribution is 6.04. The number of rotatable bonds is 4. The Kier molecular flexibility index (Phi) is 5.13. The van der Waals surface area contributed by atoms with Crippen molar-refractivity contribution in [3.8, 4) is 0 Å². The number of carbonyl (C=O) groups excluding carboxylic acids is 2. The average molecular weight is 417 g/mol. The van der Waals surface area contributed by atoms with E-state index in [9.17, 15) is 9.59 Å². The smallest absolute Gasteiger partial charge is 0.322 e. The molecular weight excluding hydrogens is 394 g/mol. The molecule has 8 nitrogen and oxygen atoms in total. The summed E-state index contributed by atoms with van der Waals surface area (Å²) in [5.74, 6) is -0.227. The van der Waals surface area contributed by atoms with Gasteiger partial charge in [-0.15, -0.1) is 0 Å². The number of carbonyl (C=O) groups is 2. The van der Waals surface area contributed by atoms with Crippen LogP contribution in [0.25, 0.3) is 0 Å². The number of nitrogens with zero attached hydrogens (tertiary/aromatic N) is 3. The van der Waals surface area contributed by atoms with Crippen molar-refractivity contribution in [2.75, 3.05) is 23.8 Å². The molecule has 1 fully saturated rings. The van der Waals surface area contributed by atoms with Gasteiger partial charge in [0.2, 0.25) is 0 Å². The molecule has 1 atom stereocenters. The molecule has 0 radical (unpaired) electrons. The highest BCUT2D eigenvalue weighted by atomic mass is 16.5. The van der Waals surface area contributed by atoms with E-state index >= 15 is 0 Å². The first-order valence-corrected chi connectivity index (χ1v) is 10.3. The van der Waals surface area contributed by atoms with E-state index < -0.39 is 0 Å². The van der Waals surface area contributed by atoms with Crippen LogP contribution in [0.4, 0.5) is 16.2 Å². The molecule has 0 unspecified atom stereocenters. The number of hydrogen-bond donors (Lipinski definition) is 2. The number of aromatic nitrogens is 2. The minimum absolute atomic E-state index is 0.156. The zero-order chi connectivity index (χ0) is 21.2. The topological polar surface area (TPSA) is 88.5 Å². The maximum Gasteiger partial charge on any atom is 0.322 e. The first-order valence-electron chi connectivity index (χ1n) is 10.3. The minimum atomic E-state index is -0.227. The predicted molar refractivity (Wildman–Crippen MR) is 116 cm³/mol. The summed E-state index contributed by atoms with van der Waals surface area (Å²) in [5, 5.41) is 10.1. The summed E-state index contributed by atoms with van der Waals surface area (Å²) in [6, 6.07) is 15.0. The molecule has 31 heavy (non-hydrogen) atoms. The van der Waals surface area contributed by atoms with Crippen LogP contribution in [-0.4, -0.2) is 39.8 Å². The molecule has 0 saturated carbocycles. The second-order valence-corrected chi connectivity index (χ2v) is 7.81. The Hall–Kier alpha value is -3.65. The van der Waals surface area contributed by atoms with Crippen LogP contribution in [0.5, 0.6) is 0 Å². The molecule has 3 amide bonds. The van der Waals surface area contributed by atoms with E-state index in [1.807, 2.05) is 35.1 Å². The number of fused-ring (bicyclic) bond motifs is 1. The Bertz CT molecular complexity index is 1080. The lowest BCUT2D eigenvalue weighted by Gasteiger charge is -2.16. The van der Waals surface area contributed by atoms with Crippen LogP contribution in [0.1, 0.15) is 33.9 Å². The van der Waals surface area contributed by atoms with Crippen molar-refractivity contribution >= 4 is 23.3 Å². The number of urea groups is 1. The third-order valence-corrected chi connectivity index (χ3v) is 5.67. The van der Waals surface area contributed by atoms with E-state index in [1.54, 1.807) is 35.4 Å². The number of benzene rings is 2. The standard InChI is InChI=1S/C23H23N5O3/c29-22(25-20-11-24-28(14-20)21-9-10-31-15-21)16-5-7-19(8-6-16)26-23(30)27-12-17-3-1-2-4-18(17)13-27/h1-8,11,14,21H,9-10,12-13,15H2,(H,25,29)(H,26,30)/t21-/m0/s1. The van der Waals surface area contributed by atoms with E-state index in [0.29, 0.717) is 36.6 Å². The lowest BCUT2D eigenvalue weighted by Crippen LogP contribution is -2.30. The summed E-state index contributed by atoms with van der Waals surface area (Å²) in [5.41, 5.74) is 4.14. The van der Waals surface area contributed by atoms with Gasteiger partial charge in [-0.1, -0.05) is 24.3 Å². The number of nitrogens with one attached hydrogen (secondary N) is 2. The van der Waals surface area contributed by atoms with Crippen molar-refractivity contribution in [3.63, 3.8) is 0 Å². The number of ether oxygens (including phenoxy) is 1. The van der Waals surface area contributed by atoms with Gasteiger partial charge in [0.25, 0.3) is 5.91 Å². The SMILES string of the molecule is O=C(Nc1cnn([C@H]2CCOC2)c1)c1ccc(NC(=O)N2Cc3ccccc3C2)cc1. The molecule has 2 aromatic carbocycles. The summed E-state index contributed by atoms with van der Waals surface area (Å²) in [4.78, 5) is 26.9. The molecule has 1 saturated heterocycles. The van der Waals surface area contributed by atoms with Crippen molar-refractivity contribution < 1.29 is 14.3 Å². The maximum absolute atomic E-state index is 12.6. The van der Waals surface area contributed by atoms with Gasteiger partial charge in [0, 0.05) is 37.1 Å². The number of anilines is 2. The molecule has 2 aliphatic rings. The molecule has 2 N–H and O–H groups in total. The summed E-state index contributed by atoms with van der Waals surface area (Å²) in [6.07, 6.45) is 4.38. The molecule has 1 aromatic heterocycles. The monoisotopic (exact) mass is 417 g/mol. The molecule has 0 spiro atoms. The molecular formula is C23H23N5O3. The van der Waals surface area contributed by atoms with Gasteiger partial charge >= 0.3 is 6.03 Å². The molecule has 8 heteroatoms. The lowest BCUT2D eigenvalue weighted by atomic mass is 10.1. The zero-order valence-corrected chi connectivity index (χ0v) is 17.0. The van der Waals surface area contributed by atoms with Crippen molar-refractivity contribution in [1.82, 2.24) is 14.7 Å². The van der Waals surface area contributed by atoms with Gasteiger partial charge in [-0.05, 0) is 41.8 Å². The Morgan fingerprint density at radius 1 is 0.968 bits per heavy atom. The van der Waals surface area contributed by atoms with Gasteiger partial charge in [0.05, 0.1) is 24.5 Å². The molecule has 0 aliphatic carbocycles. The van der Waals surface area contributed by atoms with Crippen molar-refractivity contribution in [3.05, 3.63) is 77.6 Å². The largest absolute Gasteiger partial charge is 0.379 e. The molecule has 3 aromatic rings. The van der Waals surface area contributed by atoms with Crippen LogP contribution in [-0.2, 0) is 17.8 Å². The van der Waals surface area contributed by atoms with Crippen molar-refractivity contribution in [1.29, 1.82) is 0 Å². The predicted octanol–water partition coefficient (Wildman–Crippen LogP) is 3.64. The van der Waals surface area contributed by atoms with Crippen LogP contribution >= 0.6 is 0 Å². The zero-order valence-electron chi connectivity index (χ0n) is 17.0. The third-order valence-electron chi connectivity index (χ3n) is 5.67. The van der Waals surface area contributed by atoms with E-state index in [1.165, 1.54) is 11.1 Å². The molecule has 5 rings (SSSR count). The number of hydrogen-bond acceptors (Lipinski definition) is 4. The van der Waals surface area contributed by atoms with E-state index in [0.717, 1.165) is 13.0 Å². The van der Waals surface area contributed by atoms with Crippen LogP contribution < -0.4 is 10.6 Å². The van der Waals surface area contributed by atoms with Gasteiger partial charge in [-0.3, -0.25) is 9.48 Å². The van der Waals surface area contributed by atoms with Gasteiger partial charge in [0.15, 0.2) is 0 Å². The normalized spacial score (nSPS) is 17.4.